The number of rotatable bonds is 10. The van der Waals surface area contributed by atoms with Crippen molar-refractivity contribution in [1.29, 1.82) is 0 Å². The Labute approximate surface area is 194 Å². The van der Waals surface area contributed by atoms with Crippen molar-refractivity contribution < 1.29 is 13.2 Å². The van der Waals surface area contributed by atoms with Gasteiger partial charge in [0.25, 0.3) is 0 Å². The molecule has 0 unspecified atom stereocenters. The summed E-state index contributed by atoms with van der Waals surface area (Å²) >= 11 is 6.82. The van der Waals surface area contributed by atoms with Gasteiger partial charge in [-0.05, 0) is 31.4 Å². The Morgan fingerprint density at radius 1 is 1.21 bits per heavy atom. The van der Waals surface area contributed by atoms with Gasteiger partial charge in [0.1, 0.15) is 4.21 Å². The monoisotopic (exact) mass is 564 g/mol. The van der Waals surface area contributed by atoms with Gasteiger partial charge in [-0.1, -0.05) is 30.9 Å². The number of aliphatic imine (C=N–C) groups is 1. The van der Waals surface area contributed by atoms with E-state index in [0.717, 1.165) is 30.9 Å². The second kappa shape index (κ2) is 14.0. The second-order valence-electron chi connectivity index (χ2n) is 6.37. The zero-order valence-corrected chi connectivity index (χ0v) is 20.8. The van der Waals surface area contributed by atoms with E-state index < -0.39 is 10.0 Å². The quantitative estimate of drug-likeness (QED) is 0.176. The van der Waals surface area contributed by atoms with E-state index in [9.17, 15) is 8.42 Å². The number of sulfonamides is 1. The van der Waals surface area contributed by atoms with Crippen LogP contribution in [0.2, 0.25) is 4.34 Å². The molecule has 1 aliphatic carbocycles. The predicted octanol–water partition coefficient (Wildman–Crippen LogP) is 3.20. The molecular formula is C17H30ClIN4O3S2. The van der Waals surface area contributed by atoms with Gasteiger partial charge >= 0.3 is 0 Å². The summed E-state index contributed by atoms with van der Waals surface area (Å²) in [4.78, 5) is 4.13. The van der Waals surface area contributed by atoms with Gasteiger partial charge in [-0.3, -0.25) is 4.99 Å². The van der Waals surface area contributed by atoms with E-state index in [1.165, 1.54) is 38.2 Å². The van der Waals surface area contributed by atoms with Crippen molar-refractivity contribution in [2.45, 2.75) is 48.8 Å². The summed E-state index contributed by atoms with van der Waals surface area (Å²) < 4.78 is 33.3. The van der Waals surface area contributed by atoms with Crippen LogP contribution in [0, 0.1) is 0 Å². The van der Waals surface area contributed by atoms with Crippen molar-refractivity contribution >= 4 is 62.9 Å². The molecule has 0 aromatic carbocycles. The summed E-state index contributed by atoms with van der Waals surface area (Å²) in [7, 11) is -1.83. The average Bonchev–Trinajstić information content (AvgIpc) is 3.11. The first-order valence-electron chi connectivity index (χ1n) is 9.32. The molecule has 1 aromatic rings. The first-order valence-corrected chi connectivity index (χ1v) is 12.0. The third-order valence-corrected chi connectivity index (χ3v) is 7.45. The van der Waals surface area contributed by atoms with E-state index in [1.807, 2.05) is 0 Å². The normalized spacial score (nSPS) is 15.9. The largest absolute Gasteiger partial charge is 0.378 e. The molecule has 7 nitrogen and oxygen atoms in total. The number of nitrogens with zero attached hydrogens (tertiary/aromatic N) is 1. The van der Waals surface area contributed by atoms with Crippen molar-refractivity contribution in [3.63, 3.8) is 0 Å². The maximum atomic E-state index is 12.1. The highest BCUT2D eigenvalue weighted by Crippen LogP contribution is 2.25. The topological polar surface area (TPSA) is 91.8 Å². The van der Waals surface area contributed by atoms with Crippen molar-refractivity contribution in [2.24, 2.45) is 4.99 Å². The Balaban J connectivity index is 0.00000392. The molecule has 0 aliphatic heterocycles. The van der Waals surface area contributed by atoms with E-state index in [1.54, 1.807) is 13.1 Å². The zero-order valence-electron chi connectivity index (χ0n) is 16.1. The molecule has 1 aliphatic rings. The summed E-state index contributed by atoms with van der Waals surface area (Å²) in [6, 6.07) is 3.07. The van der Waals surface area contributed by atoms with Crippen LogP contribution in [0.15, 0.2) is 21.3 Å². The molecule has 0 spiro atoms. The van der Waals surface area contributed by atoms with Gasteiger partial charge in [0.05, 0.1) is 10.4 Å². The minimum Gasteiger partial charge on any atom is -0.378 e. The molecule has 0 atom stereocenters. The lowest BCUT2D eigenvalue weighted by molar-refractivity contribution is 0.0277. The highest BCUT2D eigenvalue weighted by Gasteiger charge is 2.16. The molecule has 1 aromatic heterocycles. The lowest BCUT2D eigenvalue weighted by Crippen LogP contribution is -2.41. The van der Waals surface area contributed by atoms with Crippen molar-refractivity contribution in [1.82, 2.24) is 15.4 Å². The SMILES string of the molecule is CN=C(NCCCOC1CCCCC1)NCCNS(=O)(=O)c1ccc(Cl)s1.I. The van der Waals surface area contributed by atoms with Crippen LogP contribution in [0.1, 0.15) is 38.5 Å². The lowest BCUT2D eigenvalue weighted by Gasteiger charge is -2.22. The van der Waals surface area contributed by atoms with E-state index in [4.69, 9.17) is 16.3 Å². The highest BCUT2D eigenvalue weighted by atomic mass is 127. The number of thiophene rings is 1. The predicted molar refractivity (Wildman–Crippen MR) is 127 cm³/mol. The number of ether oxygens (including phenoxy) is 1. The third-order valence-electron chi connectivity index (χ3n) is 4.27. The Morgan fingerprint density at radius 2 is 1.93 bits per heavy atom. The zero-order chi connectivity index (χ0) is 19.5. The van der Waals surface area contributed by atoms with Gasteiger partial charge in [0.15, 0.2) is 5.96 Å². The molecular weight excluding hydrogens is 535 g/mol. The van der Waals surface area contributed by atoms with Gasteiger partial charge in [-0.15, -0.1) is 35.3 Å². The second-order valence-corrected chi connectivity index (χ2v) is 10.1. The van der Waals surface area contributed by atoms with Gasteiger partial charge in [0.2, 0.25) is 10.0 Å². The molecule has 0 saturated heterocycles. The summed E-state index contributed by atoms with van der Waals surface area (Å²) in [5, 5.41) is 6.29. The first-order chi connectivity index (χ1) is 13.0. The Kier molecular flexibility index (Phi) is 12.9. The van der Waals surface area contributed by atoms with Gasteiger partial charge in [0, 0.05) is 33.3 Å². The minimum absolute atomic E-state index is 0. The molecule has 2 rings (SSSR count). The molecule has 0 amide bonds. The smallest absolute Gasteiger partial charge is 0.250 e. The number of nitrogens with one attached hydrogen (secondary N) is 3. The fraction of sp³-hybridized carbons (Fsp3) is 0.706. The van der Waals surface area contributed by atoms with Crippen LogP contribution in [-0.4, -0.2) is 53.8 Å². The fourth-order valence-electron chi connectivity index (χ4n) is 2.86. The molecule has 0 bridgehead atoms. The highest BCUT2D eigenvalue weighted by molar-refractivity contribution is 14.0. The molecule has 162 valence electrons. The van der Waals surface area contributed by atoms with Crippen LogP contribution < -0.4 is 15.4 Å². The maximum Gasteiger partial charge on any atom is 0.250 e. The van der Waals surface area contributed by atoms with Gasteiger partial charge < -0.3 is 15.4 Å². The summed E-state index contributed by atoms with van der Waals surface area (Å²) in [5.74, 6) is 0.644. The van der Waals surface area contributed by atoms with E-state index in [-0.39, 0.29) is 34.7 Å². The van der Waals surface area contributed by atoms with Crippen LogP contribution in [0.25, 0.3) is 0 Å². The molecule has 11 heteroatoms. The molecule has 1 fully saturated rings. The number of hydrogen-bond donors (Lipinski definition) is 3. The van der Waals surface area contributed by atoms with Gasteiger partial charge in [-0.25, -0.2) is 13.1 Å². The standard InChI is InChI=1S/C17H29ClN4O3S2.HI/c1-19-17(20-10-5-13-25-14-6-3-2-4-7-14)21-11-12-22-27(23,24)16-9-8-15(18)26-16;/h8-9,14,22H,2-7,10-13H2,1H3,(H2,19,20,21);1H. The van der Waals surface area contributed by atoms with Crippen molar-refractivity contribution in [3.05, 3.63) is 16.5 Å². The number of halogens is 2. The minimum atomic E-state index is -3.51. The Bertz CT molecular complexity index is 694. The van der Waals surface area contributed by atoms with E-state index in [2.05, 4.69) is 20.3 Å². The van der Waals surface area contributed by atoms with Crippen LogP contribution >= 0.6 is 46.9 Å². The van der Waals surface area contributed by atoms with Gasteiger partial charge in [-0.2, -0.15) is 0 Å². The first kappa shape index (κ1) is 25.9. The fourth-order valence-corrected chi connectivity index (χ4v) is 5.42. The lowest BCUT2D eigenvalue weighted by atomic mass is 9.98. The molecule has 3 N–H and O–H groups in total. The average molecular weight is 565 g/mol. The summed E-state index contributed by atoms with van der Waals surface area (Å²) in [6.07, 6.45) is 7.60. The Morgan fingerprint density at radius 3 is 2.57 bits per heavy atom. The molecule has 1 saturated carbocycles. The van der Waals surface area contributed by atoms with Crippen LogP contribution in [0.3, 0.4) is 0 Å². The van der Waals surface area contributed by atoms with Crippen LogP contribution in [0.5, 0.6) is 0 Å². The van der Waals surface area contributed by atoms with E-state index >= 15 is 0 Å². The van der Waals surface area contributed by atoms with Crippen molar-refractivity contribution in [3.8, 4) is 0 Å². The number of hydrogen-bond acceptors (Lipinski definition) is 5. The Hall–Kier alpha value is -0.140. The maximum absolute atomic E-state index is 12.1. The van der Waals surface area contributed by atoms with E-state index in [0.29, 0.717) is 22.9 Å². The number of guanidine groups is 1. The van der Waals surface area contributed by atoms with Crippen LogP contribution in [0.4, 0.5) is 0 Å². The third kappa shape index (κ3) is 9.57. The van der Waals surface area contributed by atoms with Crippen molar-refractivity contribution in [2.75, 3.05) is 33.3 Å². The molecule has 28 heavy (non-hydrogen) atoms. The molecule has 1 heterocycles. The summed E-state index contributed by atoms with van der Waals surface area (Å²) in [6.45, 7) is 2.18. The summed E-state index contributed by atoms with van der Waals surface area (Å²) in [5.41, 5.74) is 0. The molecule has 0 radical (unpaired) electrons. The van der Waals surface area contributed by atoms with Crippen LogP contribution in [-0.2, 0) is 14.8 Å².